The van der Waals surface area contributed by atoms with E-state index < -0.39 is 0 Å². The third-order valence-electron chi connectivity index (χ3n) is 4.16. The molecule has 0 aliphatic rings. The first-order valence-electron chi connectivity index (χ1n) is 9.27. The second-order valence-corrected chi connectivity index (χ2v) is 8.23. The molecule has 29 heavy (non-hydrogen) atoms. The van der Waals surface area contributed by atoms with Crippen molar-refractivity contribution in [3.63, 3.8) is 0 Å². The molecular formula is C21H22BrN5OS. The molecule has 0 atom stereocenters. The lowest BCUT2D eigenvalue weighted by atomic mass is 10.1. The van der Waals surface area contributed by atoms with E-state index >= 15 is 0 Å². The molecule has 150 valence electrons. The third-order valence-corrected chi connectivity index (χ3v) is 5.67. The van der Waals surface area contributed by atoms with Crippen molar-refractivity contribution in [1.82, 2.24) is 20.2 Å². The van der Waals surface area contributed by atoms with Gasteiger partial charge < -0.3 is 4.57 Å². The highest BCUT2D eigenvalue weighted by molar-refractivity contribution is 9.10. The number of thioether (sulfide) groups is 1. The number of amides is 1. The molecule has 0 radical (unpaired) electrons. The van der Waals surface area contributed by atoms with Gasteiger partial charge in [-0.2, -0.15) is 5.10 Å². The molecule has 1 heterocycles. The largest absolute Gasteiger partial charge is 0.305 e. The number of hydrogen-bond donors (Lipinski definition) is 1. The Labute approximate surface area is 182 Å². The van der Waals surface area contributed by atoms with Crippen molar-refractivity contribution >= 4 is 39.3 Å². The van der Waals surface area contributed by atoms with Crippen LogP contribution in [0.5, 0.6) is 0 Å². The van der Waals surface area contributed by atoms with E-state index in [0.717, 1.165) is 40.0 Å². The Morgan fingerprint density at radius 2 is 1.97 bits per heavy atom. The second-order valence-electron chi connectivity index (χ2n) is 6.37. The van der Waals surface area contributed by atoms with Crippen LogP contribution in [0.3, 0.4) is 0 Å². The number of nitrogens with zero attached hydrogens (tertiary/aromatic N) is 4. The number of carbonyl (C=O) groups is 1. The standard InChI is InChI=1S/C21H22BrN5OS/c1-3-8-18(15-9-5-4-6-10-15)23-24-19(28)14-29-21-26-25-20(27(21)2)16-11-7-12-17(22)13-16/h4-7,9-13H,3,8,14H2,1-2H3,(H,24,28)/b23-18+. The second kappa shape index (κ2) is 10.4. The molecule has 3 aromatic rings. The minimum absolute atomic E-state index is 0.175. The van der Waals surface area contributed by atoms with Crippen molar-refractivity contribution in [2.45, 2.75) is 24.9 Å². The molecule has 1 N–H and O–H groups in total. The van der Waals surface area contributed by atoms with Gasteiger partial charge in [0.25, 0.3) is 5.91 Å². The molecule has 0 unspecified atom stereocenters. The number of halogens is 1. The Balaban J connectivity index is 1.62. The molecule has 1 aromatic heterocycles. The van der Waals surface area contributed by atoms with Crippen molar-refractivity contribution in [2.75, 3.05) is 5.75 Å². The van der Waals surface area contributed by atoms with Crippen LogP contribution in [0.4, 0.5) is 0 Å². The molecule has 8 heteroatoms. The monoisotopic (exact) mass is 471 g/mol. The van der Waals surface area contributed by atoms with Crippen LogP contribution >= 0.6 is 27.7 Å². The number of benzene rings is 2. The van der Waals surface area contributed by atoms with Crippen molar-refractivity contribution < 1.29 is 4.79 Å². The summed E-state index contributed by atoms with van der Waals surface area (Å²) in [6.45, 7) is 2.09. The maximum atomic E-state index is 12.3. The van der Waals surface area contributed by atoms with E-state index in [4.69, 9.17) is 0 Å². The van der Waals surface area contributed by atoms with Crippen LogP contribution in [0.1, 0.15) is 25.3 Å². The van der Waals surface area contributed by atoms with E-state index in [2.05, 4.69) is 43.6 Å². The highest BCUT2D eigenvalue weighted by Crippen LogP contribution is 2.24. The fourth-order valence-corrected chi connectivity index (χ4v) is 3.85. The molecular weight excluding hydrogens is 450 g/mol. The lowest BCUT2D eigenvalue weighted by Crippen LogP contribution is -2.22. The summed E-state index contributed by atoms with van der Waals surface area (Å²) >= 11 is 4.80. The summed E-state index contributed by atoms with van der Waals surface area (Å²) in [5.74, 6) is 0.787. The van der Waals surface area contributed by atoms with Crippen LogP contribution in [-0.2, 0) is 11.8 Å². The van der Waals surface area contributed by atoms with Gasteiger partial charge in [-0.1, -0.05) is 83.5 Å². The van der Waals surface area contributed by atoms with Crippen LogP contribution in [0, 0.1) is 0 Å². The predicted octanol–water partition coefficient (Wildman–Crippen LogP) is 4.66. The van der Waals surface area contributed by atoms with Gasteiger partial charge in [0.2, 0.25) is 0 Å². The Bertz CT molecular complexity index is 1000. The van der Waals surface area contributed by atoms with Gasteiger partial charge >= 0.3 is 0 Å². The van der Waals surface area contributed by atoms with Crippen molar-refractivity contribution in [1.29, 1.82) is 0 Å². The molecule has 0 saturated carbocycles. The Kier molecular flexibility index (Phi) is 7.60. The average molecular weight is 472 g/mol. The quantitative estimate of drug-likeness (QED) is 0.294. The molecule has 0 bridgehead atoms. The van der Waals surface area contributed by atoms with Crippen molar-refractivity contribution in [3.05, 3.63) is 64.6 Å². The summed E-state index contributed by atoms with van der Waals surface area (Å²) in [5.41, 5.74) is 5.53. The fraction of sp³-hybridized carbons (Fsp3) is 0.238. The van der Waals surface area contributed by atoms with Crippen LogP contribution in [0.15, 0.2) is 69.3 Å². The first-order chi connectivity index (χ1) is 14.1. The number of hydrazone groups is 1. The van der Waals surface area contributed by atoms with Crippen molar-refractivity contribution in [2.24, 2.45) is 12.1 Å². The third kappa shape index (κ3) is 5.77. The van der Waals surface area contributed by atoms with Crippen molar-refractivity contribution in [3.8, 4) is 11.4 Å². The van der Waals surface area contributed by atoms with Gasteiger partial charge in [-0.25, -0.2) is 5.43 Å². The van der Waals surface area contributed by atoms with Gasteiger partial charge in [0.1, 0.15) is 0 Å². The van der Waals surface area contributed by atoms with Crippen LogP contribution < -0.4 is 5.43 Å². The van der Waals surface area contributed by atoms with E-state index in [1.165, 1.54) is 11.8 Å². The van der Waals surface area contributed by atoms with Crippen LogP contribution in [0.2, 0.25) is 0 Å². The molecule has 0 aliphatic carbocycles. The van der Waals surface area contributed by atoms with E-state index in [1.54, 1.807) is 0 Å². The molecule has 2 aromatic carbocycles. The summed E-state index contributed by atoms with van der Waals surface area (Å²) < 4.78 is 2.86. The first kappa shape index (κ1) is 21.3. The van der Waals surface area contributed by atoms with Crippen LogP contribution in [-0.4, -0.2) is 32.1 Å². The zero-order valence-electron chi connectivity index (χ0n) is 16.3. The SMILES string of the molecule is CCC/C(=N\NC(=O)CSc1nnc(-c2cccc(Br)c2)n1C)c1ccccc1. The van der Waals surface area contributed by atoms with Gasteiger partial charge in [-0.15, -0.1) is 10.2 Å². The minimum Gasteiger partial charge on any atom is -0.305 e. The van der Waals surface area contributed by atoms with Gasteiger partial charge in [0.05, 0.1) is 11.5 Å². The van der Waals surface area contributed by atoms with E-state index in [1.807, 2.05) is 66.2 Å². The summed E-state index contributed by atoms with van der Waals surface area (Å²) in [4.78, 5) is 12.3. The van der Waals surface area contributed by atoms with E-state index in [0.29, 0.717) is 5.16 Å². The summed E-state index contributed by atoms with van der Waals surface area (Å²) in [5, 5.41) is 13.5. The Morgan fingerprint density at radius 1 is 1.17 bits per heavy atom. The Hall–Kier alpha value is -2.45. The average Bonchev–Trinajstić information content (AvgIpc) is 3.10. The van der Waals surface area contributed by atoms with Gasteiger partial charge in [-0.05, 0) is 24.1 Å². The molecule has 0 fully saturated rings. The number of hydrogen-bond acceptors (Lipinski definition) is 5. The normalized spacial score (nSPS) is 11.5. The predicted molar refractivity (Wildman–Crippen MR) is 121 cm³/mol. The number of nitrogens with one attached hydrogen (secondary N) is 1. The molecule has 0 spiro atoms. The number of aromatic nitrogens is 3. The van der Waals surface area contributed by atoms with E-state index in [9.17, 15) is 4.79 Å². The molecule has 6 nitrogen and oxygen atoms in total. The van der Waals surface area contributed by atoms with Gasteiger partial charge in [0.15, 0.2) is 11.0 Å². The van der Waals surface area contributed by atoms with Gasteiger partial charge in [0, 0.05) is 17.1 Å². The molecule has 1 amide bonds. The molecule has 3 rings (SSSR count). The smallest absolute Gasteiger partial charge is 0.250 e. The number of rotatable bonds is 8. The number of carbonyl (C=O) groups excluding carboxylic acids is 1. The highest BCUT2D eigenvalue weighted by atomic mass is 79.9. The zero-order valence-corrected chi connectivity index (χ0v) is 18.7. The first-order valence-corrected chi connectivity index (χ1v) is 11.0. The minimum atomic E-state index is -0.175. The maximum absolute atomic E-state index is 12.3. The summed E-state index contributed by atoms with van der Waals surface area (Å²) in [6, 6.07) is 17.8. The molecule has 0 aliphatic heterocycles. The zero-order chi connectivity index (χ0) is 20.6. The maximum Gasteiger partial charge on any atom is 0.250 e. The van der Waals surface area contributed by atoms with E-state index in [-0.39, 0.29) is 11.7 Å². The highest BCUT2D eigenvalue weighted by Gasteiger charge is 2.13. The Morgan fingerprint density at radius 3 is 2.69 bits per heavy atom. The summed E-state index contributed by atoms with van der Waals surface area (Å²) in [7, 11) is 1.89. The lowest BCUT2D eigenvalue weighted by molar-refractivity contribution is -0.118. The summed E-state index contributed by atoms with van der Waals surface area (Å²) in [6.07, 6.45) is 1.76. The molecule has 0 saturated heterocycles. The fourth-order valence-electron chi connectivity index (χ4n) is 2.74. The van der Waals surface area contributed by atoms with Gasteiger partial charge in [-0.3, -0.25) is 4.79 Å². The lowest BCUT2D eigenvalue weighted by Gasteiger charge is -2.07. The van der Waals surface area contributed by atoms with Crippen LogP contribution in [0.25, 0.3) is 11.4 Å². The topological polar surface area (TPSA) is 72.2 Å².